The summed E-state index contributed by atoms with van der Waals surface area (Å²) in [5, 5.41) is 3.05. The van der Waals surface area contributed by atoms with E-state index in [2.05, 4.69) is 5.32 Å². The molecule has 3 rings (SSSR count). The fraction of sp³-hybridized carbons (Fsp3) is 0.286. The van der Waals surface area contributed by atoms with Gasteiger partial charge < -0.3 is 10.2 Å². The number of anilines is 1. The molecule has 7 nitrogen and oxygen atoms in total. The lowest BCUT2D eigenvalue weighted by Gasteiger charge is -2.32. The van der Waals surface area contributed by atoms with Crippen LogP contribution in [-0.4, -0.2) is 44.3 Å². The zero-order valence-corrected chi connectivity index (χ0v) is 22.7. The Kier molecular flexibility index (Phi) is 9.72. The first kappa shape index (κ1) is 28.2. The number of nitrogens with one attached hydrogen (secondary N) is 1. The number of carbonyl (C=O) groups excluding carboxylic acids is 2. The second-order valence-corrected chi connectivity index (χ2v) is 11.4. The zero-order valence-electron chi connectivity index (χ0n) is 21.2. The average Bonchev–Trinajstić information content (AvgIpc) is 2.90. The summed E-state index contributed by atoms with van der Waals surface area (Å²) >= 11 is 6.39. The maximum Gasteiger partial charge on any atom is 0.264 e. The fourth-order valence-corrected chi connectivity index (χ4v) is 5.44. The molecule has 1 unspecified atom stereocenters. The molecule has 0 aliphatic carbocycles. The Labute approximate surface area is 224 Å². The highest BCUT2D eigenvalue weighted by Crippen LogP contribution is 2.30. The second kappa shape index (κ2) is 12.7. The Morgan fingerprint density at radius 2 is 1.43 bits per heavy atom. The molecule has 0 aliphatic heterocycles. The third-order valence-corrected chi connectivity index (χ3v) is 7.87. The predicted octanol–water partition coefficient (Wildman–Crippen LogP) is 4.72. The van der Waals surface area contributed by atoms with Crippen molar-refractivity contribution in [2.24, 2.45) is 5.92 Å². The van der Waals surface area contributed by atoms with Crippen molar-refractivity contribution in [3.8, 4) is 0 Å². The second-order valence-electron chi connectivity index (χ2n) is 9.10. The van der Waals surface area contributed by atoms with Crippen LogP contribution in [-0.2, 0) is 26.2 Å². The Balaban J connectivity index is 1.99. The van der Waals surface area contributed by atoms with E-state index >= 15 is 0 Å². The number of hydrogen-bond donors (Lipinski definition) is 1. The van der Waals surface area contributed by atoms with E-state index in [0.29, 0.717) is 6.54 Å². The summed E-state index contributed by atoms with van der Waals surface area (Å²) in [6.45, 7) is 5.67. The van der Waals surface area contributed by atoms with Crippen LogP contribution in [0.3, 0.4) is 0 Å². The quantitative estimate of drug-likeness (QED) is 0.380. The number of rotatable bonds is 11. The van der Waals surface area contributed by atoms with Crippen LogP contribution < -0.4 is 9.62 Å². The van der Waals surface area contributed by atoms with E-state index in [4.69, 9.17) is 11.6 Å². The number of hydrogen-bond acceptors (Lipinski definition) is 4. The number of para-hydroxylation sites is 1. The van der Waals surface area contributed by atoms with E-state index in [0.717, 1.165) is 9.87 Å². The molecule has 1 atom stereocenters. The van der Waals surface area contributed by atoms with Gasteiger partial charge in [-0.15, -0.1) is 0 Å². The third kappa shape index (κ3) is 7.33. The lowest BCUT2D eigenvalue weighted by Crippen LogP contribution is -2.51. The molecule has 0 radical (unpaired) electrons. The van der Waals surface area contributed by atoms with E-state index in [-0.39, 0.29) is 34.0 Å². The first-order valence-electron chi connectivity index (χ1n) is 12.0. The normalized spacial score (nSPS) is 12.1. The van der Waals surface area contributed by atoms with Gasteiger partial charge in [0.25, 0.3) is 10.0 Å². The summed E-state index contributed by atoms with van der Waals surface area (Å²) in [5.41, 5.74) is 0.993. The van der Waals surface area contributed by atoms with E-state index in [9.17, 15) is 18.0 Å². The molecule has 0 saturated carbocycles. The monoisotopic (exact) mass is 541 g/mol. The van der Waals surface area contributed by atoms with Gasteiger partial charge in [-0.2, -0.15) is 0 Å². The van der Waals surface area contributed by atoms with Gasteiger partial charge in [0.15, 0.2) is 0 Å². The van der Waals surface area contributed by atoms with Gasteiger partial charge in [-0.05, 0) is 42.7 Å². The van der Waals surface area contributed by atoms with Crippen LogP contribution in [0.1, 0.15) is 26.3 Å². The molecule has 37 heavy (non-hydrogen) atoms. The SMILES string of the molecule is CC(C)CNC(=O)C(C)N(Cc1ccccc1)C(=O)CN(c1ccccc1Cl)S(=O)(=O)c1ccccc1. The summed E-state index contributed by atoms with van der Waals surface area (Å²) in [4.78, 5) is 28.2. The van der Waals surface area contributed by atoms with Crippen LogP contribution in [0.15, 0.2) is 89.8 Å². The minimum absolute atomic E-state index is 0.0278. The number of sulfonamides is 1. The summed E-state index contributed by atoms with van der Waals surface area (Å²) in [5.74, 6) is -0.607. The molecule has 0 aromatic heterocycles. The zero-order chi connectivity index (χ0) is 27.0. The highest BCUT2D eigenvalue weighted by molar-refractivity contribution is 7.92. The molecule has 9 heteroatoms. The van der Waals surface area contributed by atoms with Gasteiger partial charge in [-0.3, -0.25) is 13.9 Å². The summed E-state index contributed by atoms with van der Waals surface area (Å²) in [7, 11) is -4.14. The third-order valence-electron chi connectivity index (χ3n) is 5.78. The molecule has 1 N–H and O–H groups in total. The molecular weight excluding hydrogens is 510 g/mol. The molecule has 3 aromatic rings. The number of carbonyl (C=O) groups is 2. The van der Waals surface area contributed by atoms with E-state index in [1.165, 1.54) is 17.0 Å². The molecule has 196 valence electrons. The van der Waals surface area contributed by atoms with E-state index < -0.39 is 28.5 Å². The van der Waals surface area contributed by atoms with E-state index in [1.54, 1.807) is 49.4 Å². The predicted molar refractivity (Wildman–Crippen MR) is 147 cm³/mol. The molecule has 2 amide bonds. The van der Waals surface area contributed by atoms with Crippen molar-refractivity contribution in [3.63, 3.8) is 0 Å². The van der Waals surface area contributed by atoms with Crippen LogP contribution in [0.2, 0.25) is 5.02 Å². The van der Waals surface area contributed by atoms with Gasteiger partial charge in [0.1, 0.15) is 12.6 Å². The summed E-state index contributed by atoms with van der Waals surface area (Å²) in [6.07, 6.45) is 0. The van der Waals surface area contributed by atoms with Crippen LogP contribution in [0.5, 0.6) is 0 Å². The molecular formula is C28H32ClN3O4S. The maximum absolute atomic E-state index is 13.8. The van der Waals surface area contributed by atoms with Crippen LogP contribution in [0.25, 0.3) is 0 Å². The number of benzene rings is 3. The summed E-state index contributed by atoms with van der Waals surface area (Å²) < 4.78 is 28.4. The number of amides is 2. The Morgan fingerprint density at radius 1 is 0.865 bits per heavy atom. The van der Waals surface area contributed by atoms with Gasteiger partial charge in [0, 0.05) is 13.1 Å². The van der Waals surface area contributed by atoms with Crippen LogP contribution >= 0.6 is 11.6 Å². The molecule has 0 heterocycles. The lowest BCUT2D eigenvalue weighted by molar-refractivity contribution is -0.139. The first-order chi connectivity index (χ1) is 17.6. The molecule has 0 bridgehead atoms. The molecule has 0 spiro atoms. The van der Waals surface area contributed by atoms with Crippen molar-refractivity contribution in [2.75, 3.05) is 17.4 Å². The maximum atomic E-state index is 13.8. The van der Waals surface area contributed by atoms with Crippen molar-refractivity contribution in [1.29, 1.82) is 0 Å². The molecule has 0 aliphatic rings. The number of nitrogens with zero attached hydrogens (tertiary/aromatic N) is 2. The van der Waals surface area contributed by atoms with Crippen molar-refractivity contribution in [1.82, 2.24) is 10.2 Å². The molecule has 3 aromatic carbocycles. The molecule has 0 fully saturated rings. The Hall–Kier alpha value is -3.36. The van der Waals surface area contributed by atoms with E-state index in [1.807, 2.05) is 44.2 Å². The van der Waals surface area contributed by atoms with Gasteiger partial charge >= 0.3 is 0 Å². The van der Waals surface area contributed by atoms with Crippen LogP contribution in [0.4, 0.5) is 5.69 Å². The molecule has 0 saturated heterocycles. The standard InChI is InChI=1S/C28H32ClN3O4S/c1-21(2)18-30-28(34)22(3)31(19-23-12-6-4-7-13-23)27(33)20-32(26-17-11-10-16-25(26)29)37(35,36)24-14-8-5-9-15-24/h4-17,21-22H,18-20H2,1-3H3,(H,30,34). The van der Waals surface area contributed by atoms with Gasteiger partial charge in [-0.25, -0.2) is 8.42 Å². The van der Waals surface area contributed by atoms with Crippen LogP contribution in [0, 0.1) is 5.92 Å². The van der Waals surface area contributed by atoms with Crippen molar-refractivity contribution >= 4 is 39.1 Å². The largest absolute Gasteiger partial charge is 0.354 e. The highest BCUT2D eigenvalue weighted by atomic mass is 35.5. The van der Waals surface area contributed by atoms with Crippen molar-refractivity contribution in [2.45, 2.75) is 38.3 Å². The van der Waals surface area contributed by atoms with Crippen molar-refractivity contribution in [3.05, 3.63) is 95.5 Å². The number of halogens is 1. The minimum atomic E-state index is -4.14. The fourth-order valence-electron chi connectivity index (χ4n) is 3.70. The first-order valence-corrected chi connectivity index (χ1v) is 13.9. The van der Waals surface area contributed by atoms with Crippen molar-refractivity contribution < 1.29 is 18.0 Å². The van der Waals surface area contributed by atoms with Gasteiger partial charge in [0.2, 0.25) is 11.8 Å². The highest BCUT2D eigenvalue weighted by Gasteiger charge is 2.33. The topological polar surface area (TPSA) is 86.8 Å². The minimum Gasteiger partial charge on any atom is -0.354 e. The van der Waals surface area contributed by atoms with Gasteiger partial charge in [0.05, 0.1) is 15.6 Å². The Morgan fingerprint density at radius 3 is 2.03 bits per heavy atom. The lowest BCUT2D eigenvalue weighted by atomic mass is 10.1. The Bertz CT molecular complexity index is 1300. The average molecular weight is 542 g/mol. The smallest absolute Gasteiger partial charge is 0.264 e. The summed E-state index contributed by atoms with van der Waals surface area (Å²) in [6, 6.07) is 22.8. The van der Waals surface area contributed by atoms with Gasteiger partial charge in [-0.1, -0.05) is 86.1 Å².